The molecule has 2 aromatic heterocycles. The molecule has 0 amide bonds. The number of anilines is 1. The van der Waals surface area contributed by atoms with E-state index in [0.29, 0.717) is 0 Å². The van der Waals surface area contributed by atoms with Gasteiger partial charge in [0.2, 0.25) is 0 Å². The minimum atomic E-state index is 0.137. The Morgan fingerprint density at radius 3 is 3.11 bits per heavy atom. The Morgan fingerprint density at radius 1 is 1.58 bits per heavy atom. The maximum absolute atomic E-state index is 6.14. The highest BCUT2D eigenvalue weighted by atomic mass is 79.9. The van der Waals surface area contributed by atoms with Crippen LogP contribution in [0.5, 0.6) is 0 Å². The van der Waals surface area contributed by atoms with E-state index in [1.807, 2.05) is 0 Å². The van der Waals surface area contributed by atoms with Gasteiger partial charge in [0, 0.05) is 24.5 Å². The molecule has 6 heteroatoms. The lowest BCUT2D eigenvalue weighted by Crippen LogP contribution is -2.18. The van der Waals surface area contributed by atoms with E-state index in [1.165, 1.54) is 20.6 Å². The molecular formula is C13H16BrN3S2. The number of aromatic nitrogens is 1. The molecular weight excluding hydrogens is 342 g/mol. The standard InChI is InChI=1S/C13H16BrN3S2/c1-17(6-8-5-11(14)18-7-8)13-16-12-9(15)3-2-4-10(12)19-13/h5,7,9H,2-4,6,15H2,1H3. The van der Waals surface area contributed by atoms with E-state index in [-0.39, 0.29) is 6.04 Å². The number of hydrogen-bond donors (Lipinski definition) is 1. The minimum absolute atomic E-state index is 0.137. The van der Waals surface area contributed by atoms with Crippen molar-refractivity contribution >= 4 is 43.7 Å². The maximum atomic E-state index is 6.14. The summed E-state index contributed by atoms with van der Waals surface area (Å²) in [6.45, 7) is 0.893. The summed E-state index contributed by atoms with van der Waals surface area (Å²) in [4.78, 5) is 8.34. The molecule has 2 aromatic rings. The average molecular weight is 358 g/mol. The summed E-state index contributed by atoms with van der Waals surface area (Å²) >= 11 is 7.03. The van der Waals surface area contributed by atoms with Gasteiger partial charge in [0.05, 0.1) is 9.48 Å². The van der Waals surface area contributed by atoms with Crippen molar-refractivity contribution in [3.8, 4) is 0 Å². The van der Waals surface area contributed by atoms with Crippen LogP contribution in [0.4, 0.5) is 5.13 Å². The van der Waals surface area contributed by atoms with Crippen molar-refractivity contribution in [3.63, 3.8) is 0 Å². The predicted molar refractivity (Wildman–Crippen MR) is 86.1 cm³/mol. The molecule has 0 aliphatic heterocycles. The quantitative estimate of drug-likeness (QED) is 0.904. The van der Waals surface area contributed by atoms with E-state index in [0.717, 1.165) is 30.2 Å². The van der Waals surface area contributed by atoms with E-state index < -0.39 is 0 Å². The van der Waals surface area contributed by atoms with Crippen LogP contribution >= 0.6 is 38.6 Å². The second-order valence-electron chi connectivity index (χ2n) is 4.92. The van der Waals surface area contributed by atoms with E-state index in [2.05, 4.69) is 39.3 Å². The van der Waals surface area contributed by atoms with Crippen molar-refractivity contribution in [2.24, 2.45) is 5.73 Å². The number of aryl methyl sites for hydroxylation is 1. The molecule has 3 nitrogen and oxygen atoms in total. The van der Waals surface area contributed by atoms with Gasteiger partial charge in [0.25, 0.3) is 0 Å². The number of thiazole rings is 1. The molecule has 0 saturated heterocycles. The fourth-order valence-corrected chi connectivity index (χ4v) is 4.71. The van der Waals surface area contributed by atoms with Crippen molar-refractivity contribution in [2.75, 3.05) is 11.9 Å². The third-order valence-electron chi connectivity index (χ3n) is 3.35. The molecule has 1 aliphatic carbocycles. The van der Waals surface area contributed by atoms with Gasteiger partial charge in [-0.05, 0) is 52.2 Å². The van der Waals surface area contributed by atoms with E-state index >= 15 is 0 Å². The van der Waals surface area contributed by atoms with Crippen LogP contribution in [0.15, 0.2) is 15.2 Å². The lowest BCUT2D eigenvalue weighted by atomic mass is 9.99. The first kappa shape index (κ1) is 13.5. The zero-order valence-corrected chi connectivity index (χ0v) is 13.9. The Hall–Kier alpha value is -0.430. The normalized spacial score (nSPS) is 18.4. The molecule has 3 rings (SSSR count). The molecule has 102 valence electrons. The predicted octanol–water partition coefficient (Wildman–Crippen LogP) is 3.94. The molecule has 19 heavy (non-hydrogen) atoms. The zero-order valence-electron chi connectivity index (χ0n) is 10.7. The van der Waals surface area contributed by atoms with Crippen LogP contribution in [0.25, 0.3) is 0 Å². The third kappa shape index (κ3) is 2.86. The highest BCUT2D eigenvalue weighted by molar-refractivity contribution is 9.11. The maximum Gasteiger partial charge on any atom is 0.185 e. The van der Waals surface area contributed by atoms with Gasteiger partial charge < -0.3 is 10.6 Å². The van der Waals surface area contributed by atoms with E-state index in [1.54, 1.807) is 22.7 Å². The Kier molecular flexibility index (Phi) is 3.93. The molecule has 0 saturated carbocycles. The SMILES string of the molecule is CN(Cc1csc(Br)c1)c1nc2c(s1)CCCC2N. The molecule has 1 atom stereocenters. The summed E-state index contributed by atoms with van der Waals surface area (Å²) in [6, 6.07) is 2.30. The summed E-state index contributed by atoms with van der Waals surface area (Å²) in [6.07, 6.45) is 3.40. The van der Waals surface area contributed by atoms with Gasteiger partial charge in [-0.1, -0.05) is 0 Å². The Morgan fingerprint density at radius 2 is 2.42 bits per heavy atom. The van der Waals surface area contributed by atoms with Crippen molar-refractivity contribution in [3.05, 3.63) is 31.4 Å². The molecule has 1 aliphatic rings. The van der Waals surface area contributed by atoms with Gasteiger partial charge in [-0.3, -0.25) is 0 Å². The van der Waals surface area contributed by atoms with Crippen molar-refractivity contribution in [2.45, 2.75) is 31.8 Å². The van der Waals surface area contributed by atoms with Gasteiger partial charge in [0.1, 0.15) is 0 Å². The lowest BCUT2D eigenvalue weighted by Gasteiger charge is -2.16. The summed E-state index contributed by atoms with van der Waals surface area (Å²) in [5.74, 6) is 0. The fourth-order valence-electron chi connectivity index (χ4n) is 2.37. The molecule has 0 bridgehead atoms. The first-order valence-corrected chi connectivity index (χ1v) is 8.81. The number of nitrogens with zero attached hydrogens (tertiary/aromatic N) is 2. The fraction of sp³-hybridized carbons (Fsp3) is 0.462. The molecule has 2 N–H and O–H groups in total. The van der Waals surface area contributed by atoms with Gasteiger partial charge in [0.15, 0.2) is 5.13 Å². The summed E-state index contributed by atoms with van der Waals surface area (Å²) < 4.78 is 1.18. The van der Waals surface area contributed by atoms with Gasteiger partial charge in [-0.2, -0.15) is 0 Å². The van der Waals surface area contributed by atoms with Gasteiger partial charge in [-0.25, -0.2) is 4.98 Å². The first-order valence-electron chi connectivity index (χ1n) is 6.32. The topological polar surface area (TPSA) is 42.2 Å². The third-order valence-corrected chi connectivity index (χ3v) is 6.15. The van der Waals surface area contributed by atoms with Crippen LogP contribution in [-0.2, 0) is 13.0 Å². The monoisotopic (exact) mass is 357 g/mol. The van der Waals surface area contributed by atoms with Crippen LogP contribution in [0.1, 0.15) is 35.0 Å². The second kappa shape index (κ2) is 5.52. The molecule has 1 unspecified atom stereocenters. The van der Waals surface area contributed by atoms with Crippen LogP contribution in [0.2, 0.25) is 0 Å². The smallest absolute Gasteiger partial charge is 0.185 e. The number of hydrogen-bond acceptors (Lipinski definition) is 5. The van der Waals surface area contributed by atoms with Crippen molar-refractivity contribution in [1.82, 2.24) is 4.98 Å². The highest BCUT2D eigenvalue weighted by Crippen LogP contribution is 2.35. The van der Waals surface area contributed by atoms with Gasteiger partial charge >= 0.3 is 0 Å². The number of rotatable bonds is 3. The Bertz CT molecular complexity index is 578. The summed E-state index contributed by atoms with van der Waals surface area (Å²) in [7, 11) is 2.10. The highest BCUT2D eigenvalue weighted by Gasteiger charge is 2.22. The summed E-state index contributed by atoms with van der Waals surface area (Å²) in [5, 5.41) is 3.27. The van der Waals surface area contributed by atoms with Gasteiger partial charge in [-0.15, -0.1) is 22.7 Å². The number of fused-ring (bicyclic) bond motifs is 1. The minimum Gasteiger partial charge on any atom is -0.347 e. The summed E-state index contributed by atoms with van der Waals surface area (Å²) in [5.41, 5.74) is 8.58. The molecule has 0 aromatic carbocycles. The zero-order chi connectivity index (χ0) is 13.4. The van der Waals surface area contributed by atoms with Crippen LogP contribution in [0.3, 0.4) is 0 Å². The second-order valence-corrected chi connectivity index (χ2v) is 8.27. The molecule has 0 fully saturated rings. The number of halogens is 1. The molecule has 0 radical (unpaired) electrons. The lowest BCUT2D eigenvalue weighted by molar-refractivity contribution is 0.563. The van der Waals surface area contributed by atoms with Crippen LogP contribution in [0, 0.1) is 0 Å². The Balaban J connectivity index is 1.78. The average Bonchev–Trinajstić information content (AvgIpc) is 2.96. The van der Waals surface area contributed by atoms with Crippen molar-refractivity contribution < 1.29 is 0 Å². The molecule has 0 spiro atoms. The Labute approximate surface area is 129 Å². The van der Waals surface area contributed by atoms with Crippen LogP contribution < -0.4 is 10.6 Å². The number of thiophene rings is 1. The largest absolute Gasteiger partial charge is 0.347 e. The number of nitrogens with two attached hydrogens (primary N) is 1. The first-order chi connectivity index (χ1) is 9.13. The van der Waals surface area contributed by atoms with E-state index in [4.69, 9.17) is 10.7 Å². The van der Waals surface area contributed by atoms with Crippen LogP contribution in [-0.4, -0.2) is 12.0 Å². The molecule has 2 heterocycles. The van der Waals surface area contributed by atoms with E-state index in [9.17, 15) is 0 Å². The van der Waals surface area contributed by atoms with Crippen molar-refractivity contribution in [1.29, 1.82) is 0 Å².